The van der Waals surface area contributed by atoms with Crippen LogP contribution in [0, 0.1) is 0 Å². The molecule has 3 N–H and O–H groups in total. The first-order valence-electron chi connectivity index (χ1n) is 7.47. The maximum atomic E-state index is 12.3. The fraction of sp³-hybridized carbons (Fsp3) is 0.438. The third kappa shape index (κ3) is 2.49. The van der Waals surface area contributed by atoms with Crippen molar-refractivity contribution in [2.45, 2.75) is 26.3 Å². The number of benzene rings is 1. The van der Waals surface area contributed by atoms with Crippen molar-refractivity contribution in [3.63, 3.8) is 0 Å². The van der Waals surface area contributed by atoms with Crippen LogP contribution in [0.4, 0.5) is 5.69 Å². The number of aromatic nitrogens is 1. The van der Waals surface area contributed by atoms with Gasteiger partial charge in [0.25, 0.3) is 5.56 Å². The van der Waals surface area contributed by atoms with E-state index in [-0.39, 0.29) is 5.56 Å². The summed E-state index contributed by atoms with van der Waals surface area (Å²) < 4.78 is 5.82. The predicted octanol–water partition coefficient (Wildman–Crippen LogP) is 2.00. The molecule has 0 amide bonds. The fourth-order valence-electron chi connectivity index (χ4n) is 2.98. The second kappa shape index (κ2) is 5.77. The zero-order valence-electron chi connectivity index (χ0n) is 12.5. The molecule has 21 heavy (non-hydrogen) atoms. The van der Waals surface area contributed by atoms with Crippen molar-refractivity contribution < 1.29 is 4.74 Å². The molecule has 0 aliphatic carbocycles. The quantitative estimate of drug-likeness (QED) is 0.805. The van der Waals surface area contributed by atoms with Crippen molar-refractivity contribution >= 4 is 16.6 Å². The predicted molar refractivity (Wildman–Crippen MR) is 85.3 cm³/mol. The SMILES string of the molecule is CCOc1cc(CNC)cc2[nH]c(=O)c3c(c12)NCCC3. The first-order valence-corrected chi connectivity index (χ1v) is 7.47. The van der Waals surface area contributed by atoms with E-state index in [1.165, 1.54) is 0 Å². The molecule has 0 spiro atoms. The molecule has 3 rings (SSSR count). The van der Waals surface area contributed by atoms with Gasteiger partial charge >= 0.3 is 0 Å². The summed E-state index contributed by atoms with van der Waals surface area (Å²) in [6.07, 6.45) is 1.81. The lowest BCUT2D eigenvalue weighted by Crippen LogP contribution is -2.22. The van der Waals surface area contributed by atoms with Gasteiger partial charge in [0.2, 0.25) is 0 Å². The van der Waals surface area contributed by atoms with Crippen LogP contribution < -0.4 is 20.9 Å². The summed E-state index contributed by atoms with van der Waals surface area (Å²) in [5.74, 6) is 0.835. The molecule has 0 radical (unpaired) electrons. The highest BCUT2D eigenvalue weighted by Crippen LogP contribution is 2.35. The van der Waals surface area contributed by atoms with Gasteiger partial charge in [0.1, 0.15) is 5.75 Å². The smallest absolute Gasteiger partial charge is 0.253 e. The minimum Gasteiger partial charge on any atom is -0.493 e. The standard InChI is InChI=1S/C16H21N3O2/c1-3-21-13-8-10(9-17-2)7-12-14(13)15-11(16(20)19-12)5-4-6-18-15/h7-8,17-18H,3-6,9H2,1-2H3,(H,19,20). The summed E-state index contributed by atoms with van der Waals surface area (Å²) in [6, 6.07) is 4.07. The lowest BCUT2D eigenvalue weighted by atomic mass is 10.00. The molecule has 1 aromatic carbocycles. The summed E-state index contributed by atoms with van der Waals surface area (Å²) >= 11 is 0. The number of ether oxygens (including phenoxy) is 1. The summed E-state index contributed by atoms with van der Waals surface area (Å²) in [5.41, 5.74) is 3.73. The molecule has 5 nitrogen and oxygen atoms in total. The molecule has 1 aliphatic heterocycles. The molecule has 0 atom stereocenters. The highest BCUT2D eigenvalue weighted by atomic mass is 16.5. The number of hydrogen-bond donors (Lipinski definition) is 3. The van der Waals surface area contributed by atoms with Gasteiger partial charge in [-0.05, 0) is 44.5 Å². The molecule has 5 heteroatoms. The number of hydrogen-bond acceptors (Lipinski definition) is 4. The maximum Gasteiger partial charge on any atom is 0.253 e. The van der Waals surface area contributed by atoms with Crippen LogP contribution in [0.1, 0.15) is 24.5 Å². The molecule has 1 aromatic heterocycles. The molecular formula is C16H21N3O2. The van der Waals surface area contributed by atoms with E-state index in [1.807, 2.05) is 20.0 Å². The molecule has 2 aromatic rings. The van der Waals surface area contributed by atoms with E-state index in [9.17, 15) is 4.79 Å². The lowest BCUT2D eigenvalue weighted by Gasteiger charge is -2.21. The largest absolute Gasteiger partial charge is 0.493 e. The Balaban J connectivity index is 2.30. The Hall–Kier alpha value is -2.01. The Morgan fingerprint density at radius 1 is 1.38 bits per heavy atom. The summed E-state index contributed by atoms with van der Waals surface area (Å²) in [4.78, 5) is 15.3. The van der Waals surface area contributed by atoms with Gasteiger partial charge in [-0.15, -0.1) is 0 Å². The minimum atomic E-state index is 0.00811. The monoisotopic (exact) mass is 287 g/mol. The van der Waals surface area contributed by atoms with Gasteiger partial charge in [0.15, 0.2) is 0 Å². The van der Waals surface area contributed by atoms with Crippen molar-refractivity contribution in [3.05, 3.63) is 33.6 Å². The zero-order chi connectivity index (χ0) is 14.8. The second-order valence-electron chi connectivity index (χ2n) is 5.32. The van der Waals surface area contributed by atoms with E-state index in [0.717, 1.165) is 59.4 Å². The van der Waals surface area contributed by atoms with E-state index < -0.39 is 0 Å². The Morgan fingerprint density at radius 2 is 2.24 bits per heavy atom. The summed E-state index contributed by atoms with van der Waals surface area (Å²) in [5, 5.41) is 7.50. The highest BCUT2D eigenvalue weighted by molar-refractivity contribution is 5.98. The Labute approximate surface area is 123 Å². The van der Waals surface area contributed by atoms with Crippen molar-refractivity contribution in [3.8, 4) is 5.75 Å². The molecule has 0 bridgehead atoms. The fourth-order valence-corrected chi connectivity index (χ4v) is 2.98. The zero-order valence-corrected chi connectivity index (χ0v) is 12.5. The Kier molecular flexibility index (Phi) is 3.84. The van der Waals surface area contributed by atoms with Crippen LogP contribution in [0.3, 0.4) is 0 Å². The van der Waals surface area contributed by atoms with E-state index in [0.29, 0.717) is 6.61 Å². The maximum absolute atomic E-state index is 12.3. The first-order chi connectivity index (χ1) is 10.2. The molecule has 112 valence electrons. The van der Waals surface area contributed by atoms with Crippen LogP contribution in [0.15, 0.2) is 16.9 Å². The van der Waals surface area contributed by atoms with Crippen LogP contribution >= 0.6 is 0 Å². The van der Waals surface area contributed by atoms with Crippen molar-refractivity contribution in [2.75, 3.05) is 25.5 Å². The van der Waals surface area contributed by atoms with Gasteiger partial charge in [-0.25, -0.2) is 0 Å². The van der Waals surface area contributed by atoms with E-state index in [2.05, 4.69) is 21.7 Å². The Bertz CT molecular complexity index is 722. The van der Waals surface area contributed by atoms with Gasteiger partial charge in [0.05, 0.1) is 23.2 Å². The highest BCUT2D eigenvalue weighted by Gasteiger charge is 2.19. The molecule has 0 saturated carbocycles. The minimum absolute atomic E-state index is 0.00811. The van der Waals surface area contributed by atoms with Gasteiger partial charge in [-0.3, -0.25) is 4.79 Å². The van der Waals surface area contributed by atoms with Gasteiger partial charge in [-0.2, -0.15) is 0 Å². The molecule has 2 heterocycles. The topological polar surface area (TPSA) is 66.1 Å². The first kappa shape index (κ1) is 13.9. The number of aromatic amines is 1. The molecule has 0 saturated heterocycles. The molecule has 0 fully saturated rings. The summed E-state index contributed by atoms with van der Waals surface area (Å²) in [6.45, 7) is 4.21. The Morgan fingerprint density at radius 3 is 3.00 bits per heavy atom. The van der Waals surface area contributed by atoms with Gasteiger partial charge in [0, 0.05) is 18.7 Å². The lowest BCUT2D eigenvalue weighted by molar-refractivity contribution is 0.344. The van der Waals surface area contributed by atoms with Crippen molar-refractivity contribution in [1.29, 1.82) is 0 Å². The average molecular weight is 287 g/mol. The van der Waals surface area contributed by atoms with Crippen LogP contribution in [0.25, 0.3) is 10.9 Å². The number of H-pyrrole nitrogens is 1. The second-order valence-corrected chi connectivity index (χ2v) is 5.32. The van der Waals surface area contributed by atoms with Crippen LogP contribution in [0.2, 0.25) is 0 Å². The third-order valence-corrected chi connectivity index (χ3v) is 3.82. The van der Waals surface area contributed by atoms with Gasteiger partial charge < -0.3 is 20.4 Å². The van der Waals surface area contributed by atoms with E-state index in [1.54, 1.807) is 0 Å². The number of anilines is 1. The summed E-state index contributed by atoms with van der Waals surface area (Å²) in [7, 11) is 1.90. The normalized spacial score (nSPS) is 13.8. The number of pyridine rings is 1. The van der Waals surface area contributed by atoms with Crippen molar-refractivity contribution in [1.82, 2.24) is 10.3 Å². The van der Waals surface area contributed by atoms with Crippen LogP contribution in [0.5, 0.6) is 5.75 Å². The number of rotatable bonds is 4. The molecular weight excluding hydrogens is 266 g/mol. The number of nitrogens with one attached hydrogen (secondary N) is 3. The van der Waals surface area contributed by atoms with E-state index >= 15 is 0 Å². The van der Waals surface area contributed by atoms with Crippen LogP contribution in [-0.2, 0) is 13.0 Å². The van der Waals surface area contributed by atoms with Gasteiger partial charge in [-0.1, -0.05) is 0 Å². The molecule has 1 aliphatic rings. The molecule has 0 unspecified atom stereocenters. The average Bonchev–Trinajstić information content (AvgIpc) is 2.48. The third-order valence-electron chi connectivity index (χ3n) is 3.82. The van der Waals surface area contributed by atoms with Crippen molar-refractivity contribution in [2.24, 2.45) is 0 Å². The van der Waals surface area contributed by atoms with E-state index in [4.69, 9.17) is 4.74 Å². The van der Waals surface area contributed by atoms with Crippen LogP contribution in [-0.4, -0.2) is 25.2 Å². The number of fused-ring (bicyclic) bond motifs is 3.